The summed E-state index contributed by atoms with van der Waals surface area (Å²) < 4.78 is 18.7. The van der Waals surface area contributed by atoms with Crippen LogP contribution in [0.2, 0.25) is 0 Å². The van der Waals surface area contributed by atoms with E-state index in [1.54, 1.807) is 6.07 Å². The molecule has 3 N–H and O–H groups in total. The van der Waals surface area contributed by atoms with E-state index in [1.807, 2.05) is 6.92 Å². The third-order valence-corrected chi connectivity index (χ3v) is 2.66. The van der Waals surface area contributed by atoms with Crippen molar-refractivity contribution in [1.82, 2.24) is 5.32 Å². The largest absolute Gasteiger partial charge is 0.481 e. The SMILES string of the molecule is CCC(N)Cc1ccc(OCC(=O)NC)c(F)c1. The van der Waals surface area contributed by atoms with Crippen molar-refractivity contribution >= 4 is 5.91 Å². The Labute approximate surface area is 106 Å². The maximum Gasteiger partial charge on any atom is 0.257 e. The minimum Gasteiger partial charge on any atom is -0.481 e. The summed E-state index contributed by atoms with van der Waals surface area (Å²) in [4.78, 5) is 11.0. The van der Waals surface area contributed by atoms with Crippen molar-refractivity contribution in [3.05, 3.63) is 29.6 Å². The van der Waals surface area contributed by atoms with Gasteiger partial charge in [0.05, 0.1) is 0 Å². The van der Waals surface area contributed by atoms with Gasteiger partial charge in [-0.15, -0.1) is 0 Å². The molecule has 4 nitrogen and oxygen atoms in total. The van der Waals surface area contributed by atoms with Crippen LogP contribution in [0, 0.1) is 5.82 Å². The molecule has 1 aromatic carbocycles. The topological polar surface area (TPSA) is 64.3 Å². The van der Waals surface area contributed by atoms with E-state index in [2.05, 4.69) is 5.32 Å². The predicted molar refractivity (Wildman–Crippen MR) is 67.9 cm³/mol. The molecule has 0 radical (unpaired) electrons. The van der Waals surface area contributed by atoms with Crippen LogP contribution in [0.5, 0.6) is 5.75 Å². The number of nitrogens with two attached hydrogens (primary N) is 1. The van der Waals surface area contributed by atoms with E-state index in [-0.39, 0.29) is 24.3 Å². The molecule has 5 heteroatoms. The Morgan fingerprint density at radius 3 is 2.83 bits per heavy atom. The Kier molecular flexibility index (Phi) is 5.58. The van der Waals surface area contributed by atoms with Crippen molar-refractivity contribution in [3.63, 3.8) is 0 Å². The van der Waals surface area contributed by atoms with Gasteiger partial charge in [0.15, 0.2) is 18.2 Å². The molecule has 0 aliphatic rings. The average molecular weight is 254 g/mol. The lowest BCUT2D eigenvalue weighted by Gasteiger charge is -2.11. The van der Waals surface area contributed by atoms with Crippen LogP contribution in [-0.2, 0) is 11.2 Å². The highest BCUT2D eigenvalue weighted by molar-refractivity contribution is 5.77. The molecule has 0 aliphatic carbocycles. The van der Waals surface area contributed by atoms with E-state index < -0.39 is 5.82 Å². The van der Waals surface area contributed by atoms with E-state index in [4.69, 9.17) is 10.5 Å². The molecule has 1 aromatic rings. The fourth-order valence-electron chi connectivity index (χ4n) is 1.45. The Hall–Kier alpha value is -1.62. The van der Waals surface area contributed by atoms with Gasteiger partial charge in [-0.25, -0.2) is 4.39 Å². The lowest BCUT2D eigenvalue weighted by molar-refractivity contribution is -0.122. The lowest BCUT2D eigenvalue weighted by Crippen LogP contribution is -2.25. The number of carbonyl (C=O) groups is 1. The molecule has 0 fully saturated rings. The number of ether oxygens (including phenoxy) is 1. The average Bonchev–Trinajstić information content (AvgIpc) is 2.37. The second-order valence-electron chi connectivity index (χ2n) is 4.10. The monoisotopic (exact) mass is 254 g/mol. The number of likely N-dealkylation sites (N-methyl/N-ethyl adjacent to an activating group) is 1. The number of rotatable bonds is 6. The van der Waals surface area contributed by atoms with Gasteiger partial charge < -0.3 is 15.8 Å². The molecule has 0 bridgehead atoms. The third-order valence-electron chi connectivity index (χ3n) is 2.66. The van der Waals surface area contributed by atoms with E-state index in [0.717, 1.165) is 12.0 Å². The fourth-order valence-corrected chi connectivity index (χ4v) is 1.45. The zero-order chi connectivity index (χ0) is 13.5. The van der Waals surface area contributed by atoms with Gasteiger partial charge >= 0.3 is 0 Å². The molecule has 1 amide bonds. The molecule has 0 aromatic heterocycles. The van der Waals surface area contributed by atoms with Crippen LogP contribution in [0.1, 0.15) is 18.9 Å². The number of nitrogens with one attached hydrogen (secondary N) is 1. The van der Waals surface area contributed by atoms with E-state index in [0.29, 0.717) is 6.42 Å². The zero-order valence-electron chi connectivity index (χ0n) is 10.7. The van der Waals surface area contributed by atoms with Crippen LogP contribution in [0.3, 0.4) is 0 Å². The summed E-state index contributed by atoms with van der Waals surface area (Å²) in [6.45, 7) is 1.79. The van der Waals surface area contributed by atoms with Gasteiger partial charge in [0, 0.05) is 13.1 Å². The Balaban J connectivity index is 2.64. The standard InChI is InChI=1S/C13H19FN2O2/c1-3-10(15)6-9-4-5-12(11(14)7-9)18-8-13(17)16-2/h4-5,7,10H,3,6,8,15H2,1-2H3,(H,16,17). The molecule has 1 unspecified atom stereocenters. The first-order valence-electron chi connectivity index (χ1n) is 5.94. The quantitative estimate of drug-likeness (QED) is 0.802. The summed E-state index contributed by atoms with van der Waals surface area (Å²) >= 11 is 0. The van der Waals surface area contributed by atoms with Crippen LogP contribution in [0.25, 0.3) is 0 Å². The van der Waals surface area contributed by atoms with E-state index >= 15 is 0 Å². The number of hydrogen-bond donors (Lipinski definition) is 2. The highest BCUT2D eigenvalue weighted by atomic mass is 19.1. The van der Waals surface area contributed by atoms with Crippen LogP contribution < -0.4 is 15.8 Å². The lowest BCUT2D eigenvalue weighted by atomic mass is 10.0. The summed E-state index contributed by atoms with van der Waals surface area (Å²) in [6, 6.07) is 4.71. The van der Waals surface area contributed by atoms with Gasteiger partial charge in [-0.05, 0) is 30.5 Å². The van der Waals surface area contributed by atoms with Gasteiger partial charge in [0.1, 0.15) is 0 Å². The van der Waals surface area contributed by atoms with Crippen LogP contribution in [0.15, 0.2) is 18.2 Å². The Morgan fingerprint density at radius 1 is 1.56 bits per heavy atom. The molecular weight excluding hydrogens is 235 g/mol. The van der Waals surface area contributed by atoms with Crippen molar-refractivity contribution < 1.29 is 13.9 Å². The number of benzene rings is 1. The van der Waals surface area contributed by atoms with Crippen LogP contribution in [-0.4, -0.2) is 25.6 Å². The van der Waals surface area contributed by atoms with Crippen molar-refractivity contribution in [2.24, 2.45) is 5.73 Å². The second kappa shape index (κ2) is 6.96. The first kappa shape index (κ1) is 14.4. The number of halogens is 1. The van der Waals surface area contributed by atoms with Crippen molar-refractivity contribution in [2.45, 2.75) is 25.8 Å². The van der Waals surface area contributed by atoms with E-state index in [9.17, 15) is 9.18 Å². The summed E-state index contributed by atoms with van der Waals surface area (Å²) in [6.07, 6.45) is 1.47. The van der Waals surface area contributed by atoms with Gasteiger partial charge in [-0.2, -0.15) is 0 Å². The Bertz CT molecular complexity index is 410. The van der Waals surface area contributed by atoms with E-state index in [1.165, 1.54) is 19.2 Å². The smallest absolute Gasteiger partial charge is 0.257 e. The van der Waals surface area contributed by atoms with Gasteiger partial charge in [-0.1, -0.05) is 13.0 Å². The van der Waals surface area contributed by atoms with Crippen LogP contribution >= 0.6 is 0 Å². The first-order chi connectivity index (χ1) is 8.56. The molecule has 0 spiro atoms. The molecule has 18 heavy (non-hydrogen) atoms. The summed E-state index contributed by atoms with van der Waals surface area (Å²) in [5, 5.41) is 2.40. The molecule has 0 aliphatic heterocycles. The zero-order valence-corrected chi connectivity index (χ0v) is 10.7. The Morgan fingerprint density at radius 2 is 2.28 bits per heavy atom. The highest BCUT2D eigenvalue weighted by Gasteiger charge is 2.08. The molecule has 0 saturated carbocycles. The summed E-state index contributed by atoms with van der Waals surface area (Å²) in [5.41, 5.74) is 6.63. The molecule has 0 saturated heterocycles. The minimum absolute atomic E-state index is 0.0297. The predicted octanol–water partition coefficient (Wildman–Crippen LogP) is 1.23. The van der Waals surface area contributed by atoms with Gasteiger partial charge in [-0.3, -0.25) is 4.79 Å². The van der Waals surface area contributed by atoms with Crippen molar-refractivity contribution in [2.75, 3.05) is 13.7 Å². The third kappa shape index (κ3) is 4.33. The highest BCUT2D eigenvalue weighted by Crippen LogP contribution is 2.19. The molecule has 1 rings (SSSR count). The van der Waals surface area contributed by atoms with Crippen molar-refractivity contribution in [1.29, 1.82) is 0 Å². The van der Waals surface area contributed by atoms with Crippen molar-refractivity contribution in [3.8, 4) is 5.75 Å². The maximum absolute atomic E-state index is 13.7. The molecular formula is C13H19FN2O2. The molecule has 1 atom stereocenters. The second-order valence-corrected chi connectivity index (χ2v) is 4.10. The maximum atomic E-state index is 13.7. The van der Waals surface area contributed by atoms with Gasteiger partial charge in [0.25, 0.3) is 5.91 Å². The number of hydrogen-bond acceptors (Lipinski definition) is 3. The number of amides is 1. The molecule has 100 valence electrons. The first-order valence-corrected chi connectivity index (χ1v) is 5.94. The number of carbonyl (C=O) groups excluding carboxylic acids is 1. The minimum atomic E-state index is -0.472. The van der Waals surface area contributed by atoms with Gasteiger partial charge in [0.2, 0.25) is 0 Å². The fraction of sp³-hybridized carbons (Fsp3) is 0.462. The summed E-state index contributed by atoms with van der Waals surface area (Å²) in [7, 11) is 1.50. The summed E-state index contributed by atoms with van der Waals surface area (Å²) in [5.74, 6) is -0.696. The normalized spacial score (nSPS) is 12.0. The molecule has 0 heterocycles. The van der Waals surface area contributed by atoms with Crippen LogP contribution in [0.4, 0.5) is 4.39 Å².